The van der Waals surface area contributed by atoms with Crippen molar-refractivity contribution in [1.29, 1.82) is 0 Å². The molecule has 1 aromatic carbocycles. The summed E-state index contributed by atoms with van der Waals surface area (Å²) >= 11 is 0. The second-order valence-corrected chi connectivity index (χ2v) is 6.55. The van der Waals surface area contributed by atoms with E-state index in [1.165, 1.54) is 0 Å². The maximum atomic E-state index is 12.2. The van der Waals surface area contributed by atoms with Gasteiger partial charge in [0.25, 0.3) is 5.91 Å². The molecule has 0 bridgehead atoms. The first-order valence-corrected chi connectivity index (χ1v) is 8.57. The number of methoxy groups -OCH3 is 1. The van der Waals surface area contributed by atoms with Gasteiger partial charge in [-0.25, -0.2) is 0 Å². The molecule has 1 amide bonds. The molecule has 2 N–H and O–H groups in total. The number of aliphatic hydroxyl groups is 1. The van der Waals surface area contributed by atoms with Gasteiger partial charge in [0.05, 0.1) is 25.4 Å². The fraction of sp³-hybridized carbons (Fsp3) is 0.611. The van der Waals surface area contributed by atoms with E-state index in [1.54, 1.807) is 19.2 Å². The second kappa shape index (κ2) is 8.07. The van der Waals surface area contributed by atoms with Crippen LogP contribution in [0.4, 0.5) is 0 Å². The van der Waals surface area contributed by atoms with Crippen molar-refractivity contribution >= 4 is 5.91 Å². The van der Waals surface area contributed by atoms with Gasteiger partial charge in [0, 0.05) is 25.3 Å². The molecule has 1 aromatic rings. The first-order valence-electron chi connectivity index (χ1n) is 8.57. The van der Waals surface area contributed by atoms with Gasteiger partial charge in [0.15, 0.2) is 0 Å². The number of nitrogens with zero attached hydrogens (tertiary/aromatic N) is 1. The van der Waals surface area contributed by atoms with Crippen molar-refractivity contribution in [1.82, 2.24) is 10.2 Å². The average molecular weight is 334 g/mol. The molecule has 2 aliphatic rings. The Labute approximate surface area is 142 Å². The molecule has 2 saturated heterocycles. The lowest BCUT2D eigenvalue weighted by Crippen LogP contribution is -2.47. The normalized spacial score (nSPS) is 30.6. The summed E-state index contributed by atoms with van der Waals surface area (Å²) in [5.74, 6) is -0.178. The van der Waals surface area contributed by atoms with Crippen molar-refractivity contribution in [2.24, 2.45) is 0 Å². The number of benzene rings is 1. The van der Waals surface area contributed by atoms with Crippen molar-refractivity contribution in [2.45, 2.75) is 37.1 Å². The molecule has 4 atom stereocenters. The maximum Gasteiger partial charge on any atom is 0.251 e. The SMILES string of the molecule is COC[C@H]1CCCN1C[C@@H]1OC[C@H](NC(=O)c2ccccc2)[C@H]1O. The Hall–Kier alpha value is -1.47. The van der Waals surface area contributed by atoms with Gasteiger partial charge in [-0.05, 0) is 31.5 Å². The number of carbonyl (C=O) groups excluding carboxylic acids is 1. The van der Waals surface area contributed by atoms with Gasteiger partial charge in [-0.15, -0.1) is 0 Å². The molecule has 0 aliphatic carbocycles. The average Bonchev–Trinajstić information content (AvgIpc) is 3.18. The number of carbonyl (C=O) groups is 1. The Morgan fingerprint density at radius 3 is 2.96 bits per heavy atom. The highest BCUT2D eigenvalue weighted by Crippen LogP contribution is 2.22. The van der Waals surface area contributed by atoms with E-state index in [1.807, 2.05) is 18.2 Å². The Balaban J connectivity index is 1.53. The van der Waals surface area contributed by atoms with E-state index in [9.17, 15) is 9.90 Å². The number of likely N-dealkylation sites (tertiary alicyclic amines) is 1. The molecule has 24 heavy (non-hydrogen) atoms. The van der Waals surface area contributed by atoms with Crippen LogP contribution >= 0.6 is 0 Å². The van der Waals surface area contributed by atoms with Gasteiger partial charge in [0.2, 0.25) is 0 Å². The molecule has 6 heteroatoms. The van der Waals surface area contributed by atoms with E-state index in [2.05, 4.69) is 10.2 Å². The predicted octanol–water partition coefficient (Wildman–Crippen LogP) is 0.655. The van der Waals surface area contributed by atoms with Crippen molar-refractivity contribution < 1.29 is 19.4 Å². The Morgan fingerprint density at radius 1 is 1.42 bits per heavy atom. The Morgan fingerprint density at radius 2 is 2.21 bits per heavy atom. The number of amides is 1. The van der Waals surface area contributed by atoms with Crippen molar-refractivity contribution in [3.8, 4) is 0 Å². The van der Waals surface area contributed by atoms with Gasteiger partial charge >= 0.3 is 0 Å². The summed E-state index contributed by atoms with van der Waals surface area (Å²) < 4.78 is 11.0. The largest absolute Gasteiger partial charge is 0.388 e. The fourth-order valence-electron chi connectivity index (χ4n) is 3.56. The summed E-state index contributed by atoms with van der Waals surface area (Å²) in [5, 5.41) is 13.4. The number of rotatable bonds is 6. The van der Waals surface area contributed by atoms with Crippen molar-refractivity contribution in [3.63, 3.8) is 0 Å². The zero-order valence-corrected chi connectivity index (χ0v) is 14.1. The quantitative estimate of drug-likeness (QED) is 0.800. The summed E-state index contributed by atoms with van der Waals surface area (Å²) in [4.78, 5) is 14.5. The molecule has 0 radical (unpaired) electrons. The minimum Gasteiger partial charge on any atom is -0.388 e. The molecular formula is C18H26N2O4. The van der Waals surface area contributed by atoms with Crippen molar-refractivity contribution in [2.75, 3.05) is 33.4 Å². The van der Waals surface area contributed by atoms with Gasteiger partial charge in [-0.2, -0.15) is 0 Å². The summed E-state index contributed by atoms with van der Waals surface area (Å²) in [6.45, 7) is 2.72. The smallest absolute Gasteiger partial charge is 0.251 e. The van der Waals surface area contributed by atoms with E-state index < -0.39 is 6.10 Å². The highest BCUT2D eigenvalue weighted by Gasteiger charge is 2.39. The molecule has 2 heterocycles. The first kappa shape index (κ1) is 17.4. The number of hydrogen-bond donors (Lipinski definition) is 2. The van der Waals surface area contributed by atoms with Gasteiger partial charge in [-0.3, -0.25) is 9.69 Å². The lowest BCUT2D eigenvalue weighted by Gasteiger charge is -2.28. The van der Waals surface area contributed by atoms with Gasteiger partial charge in [0.1, 0.15) is 6.10 Å². The molecule has 0 spiro atoms. The molecule has 0 saturated carbocycles. The van der Waals surface area contributed by atoms with E-state index in [0.717, 1.165) is 19.4 Å². The molecule has 6 nitrogen and oxygen atoms in total. The lowest BCUT2D eigenvalue weighted by atomic mass is 10.1. The van der Waals surface area contributed by atoms with Gasteiger partial charge in [-0.1, -0.05) is 18.2 Å². The third kappa shape index (κ3) is 3.95. The number of ether oxygens (including phenoxy) is 2. The van der Waals surface area contributed by atoms with Crippen LogP contribution in [-0.4, -0.2) is 73.6 Å². The molecule has 2 fully saturated rings. The minimum absolute atomic E-state index is 0.178. The van der Waals surface area contributed by atoms with Crippen LogP contribution in [0.1, 0.15) is 23.2 Å². The van der Waals surface area contributed by atoms with Crippen LogP contribution in [0.15, 0.2) is 30.3 Å². The van der Waals surface area contributed by atoms with Crippen LogP contribution in [0.5, 0.6) is 0 Å². The Kier molecular flexibility index (Phi) is 5.84. The standard InChI is InChI=1S/C18H26N2O4/c1-23-11-14-8-5-9-20(14)10-16-17(21)15(12-24-16)19-18(22)13-6-3-2-4-7-13/h2-4,6-7,14-17,21H,5,8-12H2,1H3,(H,19,22)/t14-,15+,16+,17-/m1/s1. The van der Waals surface area contributed by atoms with Crippen LogP contribution in [0, 0.1) is 0 Å². The minimum atomic E-state index is -0.693. The van der Waals surface area contributed by atoms with Crippen LogP contribution in [0.3, 0.4) is 0 Å². The highest BCUT2D eigenvalue weighted by molar-refractivity contribution is 5.94. The monoisotopic (exact) mass is 334 g/mol. The fourth-order valence-corrected chi connectivity index (χ4v) is 3.56. The molecule has 0 aromatic heterocycles. The second-order valence-electron chi connectivity index (χ2n) is 6.55. The van der Waals surface area contributed by atoms with E-state index in [4.69, 9.17) is 9.47 Å². The summed E-state index contributed by atoms with van der Waals surface area (Å²) in [6.07, 6.45) is 1.29. The molecule has 3 rings (SSSR count). The molecule has 0 unspecified atom stereocenters. The summed E-state index contributed by atoms with van der Waals surface area (Å²) in [6, 6.07) is 9.05. The highest BCUT2D eigenvalue weighted by atomic mass is 16.5. The molecule has 2 aliphatic heterocycles. The van der Waals surface area contributed by atoms with Crippen molar-refractivity contribution in [3.05, 3.63) is 35.9 Å². The van der Waals surface area contributed by atoms with Crippen LogP contribution in [0.25, 0.3) is 0 Å². The van der Waals surface area contributed by atoms with E-state index >= 15 is 0 Å². The molecule has 132 valence electrons. The Bertz CT molecular complexity index is 539. The number of aliphatic hydroxyl groups excluding tert-OH is 1. The van der Waals surface area contributed by atoms with E-state index in [0.29, 0.717) is 31.4 Å². The van der Waals surface area contributed by atoms with Crippen LogP contribution < -0.4 is 5.32 Å². The third-order valence-corrected chi connectivity index (χ3v) is 4.91. The zero-order chi connectivity index (χ0) is 16.9. The number of hydrogen-bond acceptors (Lipinski definition) is 5. The third-order valence-electron chi connectivity index (χ3n) is 4.91. The summed E-state index contributed by atoms with van der Waals surface area (Å²) in [5.41, 5.74) is 0.591. The maximum absolute atomic E-state index is 12.2. The topological polar surface area (TPSA) is 71.0 Å². The zero-order valence-electron chi connectivity index (χ0n) is 14.1. The van der Waals surface area contributed by atoms with Crippen LogP contribution in [0.2, 0.25) is 0 Å². The van der Waals surface area contributed by atoms with Crippen LogP contribution in [-0.2, 0) is 9.47 Å². The van der Waals surface area contributed by atoms with Gasteiger partial charge < -0.3 is 19.9 Å². The molecular weight excluding hydrogens is 308 g/mol. The van der Waals surface area contributed by atoms with E-state index in [-0.39, 0.29) is 18.1 Å². The first-order chi connectivity index (χ1) is 11.7. The summed E-state index contributed by atoms with van der Waals surface area (Å²) in [7, 11) is 1.71. The predicted molar refractivity (Wildman–Crippen MR) is 89.9 cm³/mol. The lowest BCUT2D eigenvalue weighted by molar-refractivity contribution is 0.00456. The number of nitrogens with one attached hydrogen (secondary N) is 1.